The zero-order valence-electron chi connectivity index (χ0n) is 22.9. The second kappa shape index (κ2) is 9.84. The lowest BCUT2D eigenvalue weighted by molar-refractivity contribution is -0.144. The maximum Gasteiger partial charge on any atom is 0.209 e. The number of hydrogen-bond acceptors (Lipinski definition) is 7. The van der Waals surface area contributed by atoms with Gasteiger partial charge in [0.1, 0.15) is 22.8 Å². The second-order valence-corrected chi connectivity index (χ2v) is 11.9. The smallest absolute Gasteiger partial charge is 0.209 e. The fraction of sp³-hybridized carbons (Fsp3) is 0.516. The van der Waals surface area contributed by atoms with Crippen molar-refractivity contribution in [3.63, 3.8) is 0 Å². The van der Waals surface area contributed by atoms with Crippen LogP contribution in [0.25, 0.3) is 0 Å². The van der Waals surface area contributed by atoms with E-state index in [-0.39, 0.29) is 35.6 Å². The van der Waals surface area contributed by atoms with E-state index in [1.807, 2.05) is 19.9 Å². The van der Waals surface area contributed by atoms with Gasteiger partial charge in [-0.3, -0.25) is 14.4 Å². The highest BCUT2D eigenvalue weighted by molar-refractivity contribution is 6.25. The lowest BCUT2D eigenvalue weighted by Crippen LogP contribution is -2.56. The predicted molar refractivity (Wildman–Crippen MR) is 143 cm³/mol. The quantitative estimate of drug-likeness (QED) is 0.281. The standard InChI is InChI=1S/C31H38O7/c1-14(2)7-8-16(5)9-19-12-21(15(3)4)22-11-18-10-20-13-23(33)24(17(6)32)29(36)31(20,38)30(37)25(18)28(35)26(22)27(19)34/h12,14-15,18,20,33-34,37-38H,5,7-11,13H2,1-4,6H3/t18-,20+,31-/m1/s1. The zero-order chi connectivity index (χ0) is 28.3. The van der Waals surface area contributed by atoms with E-state index >= 15 is 0 Å². The molecule has 0 heterocycles. The Morgan fingerprint density at radius 2 is 1.79 bits per heavy atom. The fourth-order valence-corrected chi connectivity index (χ4v) is 6.38. The molecule has 0 unspecified atom stereocenters. The number of aliphatic hydroxyl groups excluding tert-OH is 2. The number of phenols is 1. The number of carbonyl (C=O) groups is 3. The van der Waals surface area contributed by atoms with E-state index in [4.69, 9.17) is 0 Å². The van der Waals surface area contributed by atoms with Gasteiger partial charge in [-0.25, -0.2) is 0 Å². The third-order valence-corrected chi connectivity index (χ3v) is 8.42. The van der Waals surface area contributed by atoms with Crippen molar-refractivity contribution in [1.29, 1.82) is 0 Å². The molecule has 7 heteroatoms. The van der Waals surface area contributed by atoms with E-state index < -0.39 is 51.9 Å². The summed E-state index contributed by atoms with van der Waals surface area (Å²) in [6, 6.07) is 1.94. The van der Waals surface area contributed by atoms with E-state index in [9.17, 15) is 34.8 Å². The average molecular weight is 523 g/mol. The molecule has 0 fully saturated rings. The number of fused-ring (bicyclic) bond motifs is 3. The van der Waals surface area contributed by atoms with Gasteiger partial charge in [-0.15, -0.1) is 0 Å². The Labute approximate surface area is 223 Å². The first kappa shape index (κ1) is 27.8. The molecule has 3 atom stereocenters. The molecule has 4 N–H and O–H groups in total. The van der Waals surface area contributed by atoms with Crippen LogP contribution in [0.3, 0.4) is 0 Å². The summed E-state index contributed by atoms with van der Waals surface area (Å²) in [5, 5.41) is 44.5. The van der Waals surface area contributed by atoms with E-state index in [1.165, 1.54) is 0 Å². The summed E-state index contributed by atoms with van der Waals surface area (Å²) in [7, 11) is 0. The summed E-state index contributed by atoms with van der Waals surface area (Å²) in [6.45, 7) is 13.6. The summed E-state index contributed by atoms with van der Waals surface area (Å²) in [6.07, 6.45) is 2.50. The number of allylic oxidation sites excluding steroid dienone is 3. The Morgan fingerprint density at radius 1 is 1.13 bits per heavy atom. The summed E-state index contributed by atoms with van der Waals surface area (Å²) < 4.78 is 0. The monoisotopic (exact) mass is 522 g/mol. The third kappa shape index (κ3) is 4.31. The number of aromatic hydroxyl groups is 1. The molecule has 38 heavy (non-hydrogen) atoms. The molecule has 1 aromatic rings. The van der Waals surface area contributed by atoms with Gasteiger partial charge in [0, 0.05) is 17.9 Å². The van der Waals surface area contributed by atoms with Gasteiger partial charge in [-0.05, 0) is 73.5 Å². The van der Waals surface area contributed by atoms with Crippen LogP contribution in [0, 0.1) is 17.8 Å². The first-order valence-corrected chi connectivity index (χ1v) is 13.4. The molecule has 0 saturated heterocycles. The van der Waals surface area contributed by atoms with Crippen LogP contribution in [0.1, 0.15) is 93.3 Å². The summed E-state index contributed by atoms with van der Waals surface area (Å²) in [4.78, 5) is 39.2. The van der Waals surface area contributed by atoms with Crippen molar-refractivity contribution in [2.24, 2.45) is 17.8 Å². The van der Waals surface area contributed by atoms with Crippen molar-refractivity contribution < 1.29 is 34.8 Å². The molecule has 3 aliphatic carbocycles. The molecular weight excluding hydrogens is 484 g/mol. The zero-order valence-corrected chi connectivity index (χ0v) is 22.9. The Kier molecular flexibility index (Phi) is 7.21. The van der Waals surface area contributed by atoms with Crippen molar-refractivity contribution in [3.8, 4) is 5.75 Å². The van der Waals surface area contributed by atoms with Gasteiger partial charge in [0.2, 0.25) is 5.78 Å². The average Bonchev–Trinajstić information content (AvgIpc) is 2.81. The number of benzene rings is 1. The Balaban J connectivity index is 1.84. The summed E-state index contributed by atoms with van der Waals surface area (Å²) in [5.41, 5.74) is 0.122. The number of rotatable bonds is 7. The van der Waals surface area contributed by atoms with Crippen LogP contribution in [0.4, 0.5) is 0 Å². The molecule has 1 aromatic carbocycles. The van der Waals surface area contributed by atoms with Crippen LogP contribution in [0.2, 0.25) is 0 Å². The number of hydrogen-bond donors (Lipinski definition) is 4. The van der Waals surface area contributed by atoms with E-state index in [1.54, 1.807) is 0 Å². The minimum Gasteiger partial charge on any atom is -0.511 e. The van der Waals surface area contributed by atoms with E-state index in [2.05, 4.69) is 20.4 Å². The highest BCUT2D eigenvalue weighted by Crippen LogP contribution is 2.52. The van der Waals surface area contributed by atoms with Crippen LogP contribution in [-0.4, -0.2) is 43.4 Å². The highest BCUT2D eigenvalue weighted by atomic mass is 16.3. The summed E-state index contributed by atoms with van der Waals surface area (Å²) >= 11 is 0. The van der Waals surface area contributed by atoms with E-state index in [0.29, 0.717) is 29.9 Å². The van der Waals surface area contributed by atoms with Gasteiger partial charge in [-0.1, -0.05) is 45.9 Å². The first-order valence-electron chi connectivity index (χ1n) is 13.4. The van der Waals surface area contributed by atoms with Gasteiger partial charge >= 0.3 is 0 Å². The molecule has 204 valence electrons. The molecule has 0 radical (unpaired) electrons. The fourth-order valence-electron chi connectivity index (χ4n) is 6.38. The molecule has 3 aliphatic rings. The van der Waals surface area contributed by atoms with Crippen LogP contribution >= 0.6 is 0 Å². The minimum atomic E-state index is -2.48. The lowest BCUT2D eigenvalue weighted by Gasteiger charge is -2.46. The molecular formula is C31H38O7. The minimum absolute atomic E-state index is 0.0563. The Bertz CT molecular complexity index is 1310. The first-order chi connectivity index (χ1) is 17.7. The van der Waals surface area contributed by atoms with Crippen LogP contribution in [0.5, 0.6) is 5.75 Å². The Morgan fingerprint density at radius 3 is 2.37 bits per heavy atom. The maximum atomic E-state index is 14.0. The molecule has 4 rings (SSSR count). The van der Waals surface area contributed by atoms with Crippen molar-refractivity contribution >= 4 is 17.3 Å². The third-order valence-electron chi connectivity index (χ3n) is 8.42. The molecule has 0 spiro atoms. The van der Waals surface area contributed by atoms with Crippen LogP contribution in [0.15, 0.2) is 40.9 Å². The van der Waals surface area contributed by atoms with Gasteiger partial charge < -0.3 is 20.4 Å². The van der Waals surface area contributed by atoms with Gasteiger partial charge in [-0.2, -0.15) is 0 Å². The number of carbonyl (C=O) groups excluding carboxylic acids is 3. The predicted octanol–water partition coefficient (Wildman–Crippen LogP) is 5.34. The van der Waals surface area contributed by atoms with Gasteiger partial charge in [0.05, 0.1) is 5.56 Å². The van der Waals surface area contributed by atoms with E-state index in [0.717, 1.165) is 30.9 Å². The molecule has 0 aliphatic heterocycles. The molecule has 7 nitrogen and oxygen atoms in total. The largest absolute Gasteiger partial charge is 0.511 e. The van der Waals surface area contributed by atoms with Crippen LogP contribution < -0.4 is 0 Å². The van der Waals surface area contributed by atoms with Gasteiger partial charge in [0.15, 0.2) is 17.2 Å². The van der Waals surface area contributed by atoms with Crippen molar-refractivity contribution in [3.05, 3.63) is 63.1 Å². The van der Waals surface area contributed by atoms with Crippen molar-refractivity contribution in [1.82, 2.24) is 0 Å². The number of phenolic OH excluding ortho intramolecular Hbond substituents is 1. The lowest BCUT2D eigenvalue weighted by atomic mass is 9.59. The Hall–Kier alpha value is -3.19. The topological polar surface area (TPSA) is 132 Å². The van der Waals surface area contributed by atoms with Crippen LogP contribution in [-0.2, 0) is 22.4 Å². The SMILES string of the molecule is C=C(CCC(C)C)Cc1cc(C(C)C)c2c(c1O)C(=O)C1=C(O)[C@]3(O)C(=O)C(C(C)=O)=C(O)C[C@@H]3C[C@@H]1C2. The van der Waals surface area contributed by atoms with Crippen molar-refractivity contribution in [2.75, 3.05) is 0 Å². The highest BCUT2D eigenvalue weighted by Gasteiger charge is 2.59. The summed E-state index contributed by atoms with van der Waals surface area (Å²) in [5.74, 6) is -4.61. The molecule has 0 aromatic heterocycles. The second-order valence-electron chi connectivity index (χ2n) is 11.9. The molecule has 0 bridgehead atoms. The normalized spacial score (nSPS) is 25.1. The number of Topliss-reactive ketones (excluding diaryl/α,β-unsaturated/α-hetero) is 3. The molecule has 0 amide bonds. The number of ketones is 3. The van der Waals surface area contributed by atoms with Gasteiger partial charge in [0.25, 0.3) is 0 Å². The number of aliphatic hydroxyl groups is 3. The van der Waals surface area contributed by atoms with Crippen molar-refractivity contribution in [2.45, 2.75) is 84.7 Å². The maximum absolute atomic E-state index is 14.0. The molecule has 0 saturated carbocycles.